The van der Waals surface area contributed by atoms with E-state index in [-0.39, 0.29) is 0 Å². The molecule has 2 atom stereocenters. The van der Waals surface area contributed by atoms with Crippen molar-refractivity contribution >= 4 is 11.5 Å². The summed E-state index contributed by atoms with van der Waals surface area (Å²) in [4.78, 5) is 16.9. The Morgan fingerprint density at radius 1 is 1.03 bits per heavy atom. The van der Waals surface area contributed by atoms with Crippen molar-refractivity contribution in [1.29, 1.82) is 0 Å². The third-order valence-electron chi connectivity index (χ3n) is 8.07. The van der Waals surface area contributed by atoms with Crippen LogP contribution in [-0.4, -0.2) is 56.6 Å². The third kappa shape index (κ3) is 6.30. The van der Waals surface area contributed by atoms with E-state index >= 15 is 0 Å². The normalized spacial score (nSPS) is 28.3. The monoisotopic (exact) mass is 466 g/mol. The number of alkyl halides is 3. The molecule has 3 aliphatic rings. The highest BCUT2D eigenvalue weighted by atomic mass is 19.4. The van der Waals surface area contributed by atoms with E-state index in [0.717, 1.165) is 57.0 Å². The van der Waals surface area contributed by atoms with E-state index < -0.39 is 11.7 Å². The van der Waals surface area contributed by atoms with Gasteiger partial charge in [0.2, 0.25) is 0 Å². The Labute approximate surface area is 195 Å². The molecule has 0 bridgehead atoms. The number of ether oxygens (including phenoxy) is 1. The highest BCUT2D eigenvalue weighted by Gasteiger charge is 2.41. The molecule has 0 aromatic heterocycles. The van der Waals surface area contributed by atoms with Crippen molar-refractivity contribution in [2.75, 3.05) is 44.8 Å². The van der Waals surface area contributed by atoms with Gasteiger partial charge >= 0.3 is 6.18 Å². The van der Waals surface area contributed by atoms with Gasteiger partial charge in [-0.3, -0.25) is 4.79 Å². The van der Waals surface area contributed by atoms with Crippen molar-refractivity contribution in [1.82, 2.24) is 4.90 Å². The first-order valence-corrected chi connectivity index (χ1v) is 12.5. The lowest BCUT2D eigenvalue weighted by Crippen LogP contribution is -2.35. The van der Waals surface area contributed by atoms with Crippen molar-refractivity contribution in [3.63, 3.8) is 0 Å². The van der Waals surface area contributed by atoms with Crippen molar-refractivity contribution in [2.24, 2.45) is 17.8 Å². The first kappa shape index (κ1) is 24.5. The summed E-state index contributed by atoms with van der Waals surface area (Å²) < 4.78 is 43.7. The number of hydrogen-bond acceptors (Lipinski definition) is 4. The maximum absolute atomic E-state index is 12.9. The fraction of sp³-hybridized carbons (Fsp3) is 0.731. The van der Waals surface area contributed by atoms with Crippen molar-refractivity contribution < 1.29 is 22.7 Å². The molecule has 2 heterocycles. The first-order valence-electron chi connectivity index (χ1n) is 12.5. The number of fused-ring (bicyclic) bond motifs is 1. The molecule has 1 aliphatic carbocycles. The minimum absolute atomic E-state index is 0.335. The molecule has 0 radical (unpaired) electrons. The molecule has 3 fully saturated rings. The van der Waals surface area contributed by atoms with Crippen LogP contribution in [0, 0.1) is 17.8 Å². The van der Waals surface area contributed by atoms with E-state index in [1.807, 2.05) is 0 Å². The van der Waals surface area contributed by atoms with Gasteiger partial charge in [0.1, 0.15) is 5.78 Å². The summed E-state index contributed by atoms with van der Waals surface area (Å²) in [7, 11) is 1.64. The van der Waals surface area contributed by atoms with Crippen LogP contribution in [0.1, 0.15) is 56.9 Å². The SMILES string of the molecule is COCCC(=O)CC1CCC(CCN2C[C@@H]3CCN(c4ccc(C(F)(F)F)cc4)[C@@H]3C2)CC1. The minimum Gasteiger partial charge on any atom is -0.384 e. The number of carbonyl (C=O) groups excluding carboxylic acids is 1. The zero-order chi connectivity index (χ0) is 23.4. The molecule has 7 heteroatoms. The number of carbonyl (C=O) groups is 1. The number of benzene rings is 1. The van der Waals surface area contributed by atoms with Gasteiger partial charge in [-0.25, -0.2) is 0 Å². The fourth-order valence-corrected chi connectivity index (χ4v) is 6.12. The number of nitrogens with zero attached hydrogens (tertiary/aromatic N) is 2. The second-order valence-corrected chi connectivity index (χ2v) is 10.3. The van der Waals surface area contributed by atoms with Crippen LogP contribution in [0.5, 0.6) is 0 Å². The molecule has 0 amide bonds. The Balaban J connectivity index is 1.20. The Kier molecular flexibility index (Phi) is 8.00. The summed E-state index contributed by atoms with van der Waals surface area (Å²) in [6, 6.07) is 6.09. The lowest BCUT2D eigenvalue weighted by Gasteiger charge is -2.30. The minimum atomic E-state index is -4.28. The standard InChI is InChI=1S/C26H37F3N2O2/c1-33-15-12-24(32)16-20-4-2-19(3-5-20)10-13-30-17-21-11-14-31(25(21)18-30)23-8-6-22(7-9-23)26(27,28)29/h6-9,19-21,25H,2-5,10-18H2,1H3/t19?,20?,21-,25+/m0/s1. The summed E-state index contributed by atoms with van der Waals surface area (Å²) in [5.74, 6) is 2.25. The quantitative estimate of drug-likeness (QED) is 0.487. The molecule has 2 aliphatic heterocycles. The topological polar surface area (TPSA) is 32.8 Å². The van der Waals surface area contributed by atoms with Gasteiger partial charge in [-0.2, -0.15) is 13.2 Å². The summed E-state index contributed by atoms with van der Waals surface area (Å²) in [5.41, 5.74) is 0.333. The summed E-state index contributed by atoms with van der Waals surface area (Å²) >= 11 is 0. The van der Waals surface area contributed by atoms with Crippen LogP contribution in [0.25, 0.3) is 0 Å². The number of Topliss-reactive ketones (excluding diaryl/α,β-unsaturated/α-hetero) is 1. The van der Waals surface area contributed by atoms with Crippen molar-refractivity contribution in [2.45, 2.75) is 63.6 Å². The van der Waals surface area contributed by atoms with Crippen LogP contribution in [0.3, 0.4) is 0 Å². The summed E-state index contributed by atoms with van der Waals surface area (Å²) in [5, 5.41) is 0. The maximum Gasteiger partial charge on any atom is 0.416 e. The van der Waals surface area contributed by atoms with Gasteiger partial charge in [0, 0.05) is 51.3 Å². The molecule has 2 saturated heterocycles. The van der Waals surface area contributed by atoms with Gasteiger partial charge in [-0.15, -0.1) is 0 Å². The molecule has 1 saturated carbocycles. The van der Waals surface area contributed by atoms with Crippen LogP contribution in [0.4, 0.5) is 18.9 Å². The predicted molar refractivity (Wildman–Crippen MR) is 123 cm³/mol. The maximum atomic E-state index is 12.9. The van der Waals surface area contributed by atoms with E-state index in [1.54, 1.807) is 19.2 Å². The van der Waals surface area contributed by atoms with Gasteiger partial charge in [0.15, 0.2) is 0 Å². The first-order chi connectivity index (χ1) is 15.8. The van der Waals surface area contributed by atoms with Gasteiger partial charge in [0.25, 0.3) is 0 Å². The fourth-order valence-electron chi connectivity index (χ4n) is 6.12. The molecular formula is C26H37F3N2O2. The largest absolute Gasteiger partial charge is 0.416 e. The Hall–Kier alpha value is -1.60. The Bertz CT molecular complexity index is 775. The number of likely N-dealkylation sites (tertiary alicyclic amines) is 1. The second kappa shape index (κ2) is 10.8. The van der Waals surface area contributed by atoms with Crippen LogP contribution >= 0.6 is 0 Å². The number of rotatable bonds is 9. The summed E-state index contributed by atoms with van der Waals surface area (Å²) in [6.45, 7) is 4.68. The average molecular weight is 467 g/mol. The highest BCUT2D eigenvalue weighted by Crippen LogP contribution is 2.38. The van der Waals surface area contributed by atoms with Gasteiger partial charge in [-0.1, -0.05) is 12.8 Å². The van der Waals surface area contributed by atoms with Crippen molar-refractivity contribution in [3.05, 3.63) is 29.8 Å². The van der Waals surface area contributed by atoms with Gasteiger partial charge < -0.3 is 14.5 Å². The van der Waals surface area contributed by atoms with Gasteiger partial charge in [0.05, 0.1) is 12.2 Å². The lowest BCUT2D eigenvalue weighted by molar-refractivity contribution is -0.137. The molecule has 1 aromatic carbocycles. The highest BCUT2D eigenvalue weighted by molar-refractivity contribution is 5.78. The predicted octanol–water partition coefficient (Wildman–Crippen LogP) is 5.41. The Morgan fingerprint density at radius 3 is 2.39 bits per heavy atom. The van der Waals surface area contributed by atoms with Gasteiger partial charge in [-0.05, 0) is 74.2 Å². The zero-order valence-electron chi connectivity index (χ0n) is 19.7. The molecule has 4 rings (SSSR count). The molecule has 4 nitrogen and oxygen atoms in total. The molecule has 33 heavy (non-hydrogen) atoms. The van der Waals surface area contributed by atoms with E-state index in [2.05, 4.69) is 9.80 Å². The number of anilines is 1. The smallest absolute Gasteiger partial charge is 0.384 e. The number of ketones is 1. The van der Waals surface area contributed by atoms with Crippen LogP contribution in [0.15, 0.2) is 24.3 Å². The Morgan fingerprint density at radius 2 is 1.73 bits per heavy atom. The third-order valence-corrected chi connectivity index (χ3v) is 8.07. The molecular weight excluding hydrogens is 429 g/mol. The molecule has 1 aromatic rings. The molecule has 0 spiro atoms. The zero-order valence-corrected chi connectivity index (χ0v) is 19.7. The van der Waals surface area contributed by atoms with E-state index in [1.165, 1.54) is 31.4 Å². The lowest BCUT2D eigenvalue weighted by atomic mass is 9.78. The number of hydrogen-bond donors (Lipinski definition) is 0. The number of halogens is 3. The van der Waals surface area contributed by atoms with Crippen LogP contribution in [0.2, 0.25) is 0 Å². The summed E-state index contributed by atoms with van der Waals surface area (Å²) in [6.07, 6.45) is 4.07. The van der Waals surface area contributed by atoms with E-state index in [4.69, 9.17) is 4.74 Å². The molecule has 0 N–H and O–H groups in total. The second-order valence-electron chi connectivity index (χ2n) is 10.3. The van der Waals surface area contributed by atoms with E-state index in [9.17, 15) is 18.0 Å². The number of methoxy groups -OCH3 is 1. The molecule has 0 unspecified atom stereocenters. The van der Waals surface area contributed by atoms with E-state index in [0.29, 0.717) is 43.1 Å². The average Bonchev–Trinajstić information content (AvgIpc) is 3.37. The van der Waals surface area contributed by atoms with Crippen molar-refractivity contribution in [3.8, 4) is 0 Å². The van der Waals surface area contributed by atoms with Crippen LogP contribution in [-0.2, 0) is 15.7 Å². The molecule has 184 valence electrons. The van der Waals surface area contributed by atoms with Crippen LogP contribution < -0.4 is 4.90 Å².